The number of nitrogens with zero attached hydrogens (tertiary/aromatic N) is 1. The monoisotopic (exact) mass is 379 g/mol. The van der Waals surface area contributed by atoms with Gasteiger partial charge in [0.15, 0.2) is 5.75 Å². The highest BCUT2D eigenvalue weighted by Crippen LogP contribution is 2.31. The molecule has 26 heavy (non-hydrogen) atoms. The van der Waals surface area contributed by atoms with Crippen molar-refractivity contribution in [2.24, 2.45) is 0 Å². The molecule has 0 spiro atoms. The Bertz CT molecular complexity index is 884. The normalized spacial score (nSPS) is 11.0. The molecule has 2 rings (SSSR count). The number of amides is 1. The SMILES string of the molecule is CNC(=O)c1cc(Oc2cc(C)ccc2NS(=O)(=O)CCOC)ccn1. The van der Waals surface area contributed by atoms with E-state index in [0.29, 0.717) is 17.2 Å². The predicted octanol–water partition coefficient (Wildman–Crippen LogP) is 1.93. The number of benzene rings is 1. The van der Waals surface area contributed by atoms with Crippen LogP contribution in [0.15, 0.2) is 36.5 Å². The van der Waals surface area contributed by atoms with Gasteiger partial charge in [-0.15, -0.1) is 0 Å². The van der Waals surface area contributed by atoms with Crippen molar-refractivity contribution in [2.75, 3.05) is 31.2 Å². The van der Waals surface area contributed by atoms with Gasteiger partial charge in [0.05, 0.1) is 18.0 Å². The van der Waals surface area contributed by atoms with Gasteiger partial charge in [0.2, 0.25) is 10.0 Å². The molecule has 0 aliphatic carbocycles. The van der Waals surface area contributed by atoms with Crippen LogP contribution in [-0.2, 0) is 14.8 Å². The van der Waals surface area contributed by atoms with E-state index in [1.54, 1.807) is 24.3 Å². The molecule has 1 heterocycles. The molecule has 0 saturated heterocycles. The van der Waals surface area contributed by atoms with Crippen molar-refractivity contribution < 1.29 is 22.7 Å². The van der Waals surface area contributed by atoms with Crippen LogP contribution in [0.2, 0.25) is 0 Å². The first-order valence-corrected chi connectivity index (χ1v) is 9.46. The van der Waals surface area contributed by atoms with Gasteiger partial charge in [0.1, 0.15) is 11.4 Å². The van der Waals surface area contributed by atoms with Gasteiger partial charge in [0.25, 0.3) is 5.91 Å². The van der Waals surface area contributed by atoms with Gasteiger partial charge in [-0.25, -0.2) is 8.42 Å². The van der Waals surface area contributed by atoms with Crippen molar-refractivity contribution >= 4 is 21.6 Å². The number of anilines is 1. The first-order chi connectivity index (χ1) is 12.3. The van der Waals surface area contributed by atoms with Crippen LogP contribution < -0.4 is 14.8 Å². The summed E-state index contributed by atoms with van der Waals surface area (Å²) in [6.07, 6.45) is 1.44. The van der Waals surface area contributed by atoms with E-state index in [1.165, 1.54) is 26.4 Å². The number of methoxy groups -OCH3 is 1. The third kappa shape index (κ3) is 5.43. The van der Waals surface area contributed by atoms with Crippen LogP contribution in [0.4, 0.5) is 5.69 Å². The van der Waals surface area contributed by atoms with E-state index in [-0.39, 0.29) is 24.0 Å². The van der Waals surface area contributed by atoms with Gasteiger partial charge >= 0.3 is 0 Å². The minimum absolute atomic E-state index is 0.0806. The van der Waals surface area contributed by atoms with Crippen LogP contribution in [0, 0.1) is 6.92 Å². The Morgan fingerprint density at radius 2 is 2.00 bits per heavy atom. The van der Waals surface area contributed by atoms with Crippen molar-refractivity contribution in [2.45, 2.75) is 6.92 Å². The molecule has 0 aliphatic heterocycles. The number of aromatic nitrogens is 1. The van der Waals surface area contributed by atoms with E-state index in [1.807, 2.05) is 6.92 Å². The van der Waals surface area contributed by atoms with E-state index >= 15 is 0 Å². The molecular weight excluding hydrogens is 358 g/mol. The van der Waals surface area contributed by atoms with Crippen molar-refractivity contribution in [3.63, 3.8) is 0 Å². The fourth-order valence-corrected chi connectivity index (χ4v) is 3.06. The van der Waals surface area contributed by atoms with Gasteiger partial charge in [-0.05, 0) is 30.7 Å². The van der Waals surface area contributed by atoms with Gasteiger partial charge < -0.3 is 14.8 Å². The lowest BCUT2D eigenvalue weighted by Crippen LogP contribution is -2.20. The number of hydrogen-bond donors (Lipinski definition) is 2. The lowest BCUT2D eigenvalue weighted by Gasteiger charge is -2.14. The minimum atomic E-state index is -3.58. The Kier molecular flexibility index (Phi) is 6.53. The maximum atomic E-state index is 12.1. The molecule has 0 saturated carbocycles. The third-order valence-corrected chi connectivity index (χ3v) is 4.61. The standard InChI is InChI=1S/C17H21N3O5S/c1-12-4-5-14(20-26(22,23)9-8-24-3)16(10-12)25-13-6-7-19-15(11-13)17(21)18-2/h4-7,10-11,20H,8-9H2,1-3H3,(H,18,21). The molecule has 9 heteroatoms. The summed E-state index contributed by atoms with van der Waals surface area (Å²) in [5.74, 6) is 0.161. The molecule has 0 unspecified atom stereocenters. The molecule has 1 aromatic carbocycles. The molecule has 2 N–H and O–H groups in total. The second kappa shape index (κ2) is 8.63. The molecule has 0 radical (unpaired) electrons. The largest absolute Gasteiger partial charge is 0.455 e. The summed E-state index contributed by atoms with van der Waals surface area (Å²) in [4.78, 5) is 15.7. The van der Waals surface area contributed by atoms with Crippen molar-refractivity contribution in [3.8, 4) is 11.5 Å². The predicted molar refractivity (Wildman–Crippen MR) is 98.2 cm³/mol. The Balaban J connectivity index is 2.29. The highest BCUT2D eigenvalue weighted by molar-refractivity contribution is 7.92. The zero-order valence-corrected chi connectivity index (χ0v) is 15.6. The van der Waals surface area contributed by atoms with Crippen LogP contribution in [-0.4, -0.2) is 45.8 Å². The first kappa shape index (κ1) is 19.7. The molecule has 2 aromatic rings. The van der Waals surface area contributed by atoms with Gasteiger partial charge in [-0.2, -0.15) is 0 Å². The smallest absolute Gasteiger partial charge is 0.269 e. The van der Waals surface area contributed by atoms with E-state index in [0.717, 1.165) is 5.56 Å². The van der Waals surface area contributed by atoms with Crippen molar-refractivity contribution in [1.82, 2.24) is 10.3 Å². The lowest BCUT2D eigenvalue weighted by atomic mass is 10.2. The number of rotatable bonds is 8. The summed E-state index contributed by atoms with van der Waals surface area (Å²) in [6.45, 7) is 1.94. The number of sulfonamides is 1. The minimum Gasteiger partial charge on any atom is -0.455 e. The van der Waals surface area contributed by atoms with Gasteiger partial charge in [0, 0.05) is 26.4 Å². The zero-order chi connectivity index (χ0) is 19.2. The Hall–Kier alpha value is -2.65. The molecule has 0 atom stereocenters. The molecular formula is C17H21N3O5S. The summed E-state index contributed by atoms with van der Waals surface area (Å²) in [5, 5.41) is 2.48. The molecule has 8 nitrogen and oxygen atoms in total. The summed E-state index contributed by atoms with van der Waals surface area (Å²) in [5.41, 5.74) is 1.38. The summed E-state index contributed by atoms with van der Waals surface area (Å²) >= 11 is 0. The lowest BCUT2D eigenvalue weighted by molar-refractivity contribution is 0.0958. The maximum absolute atomic E-state index is 12.1. The summed E-state index contributed by atoms with van der Waals surface area (Å²) in [7, 11) is -0.643. The molecule has 1 aromatic heterocycles. The number of pyridine rings is 1. The average molecular weight is 379 g/mol. The van der Waals surface area contributed by atoms with Crippen LogP contribution in [0.1, 0.15) is 16.1 Å². The van der Waals surface area contributed by atoms with Crippen LogP contribution in [0.5, 0.6) is 11.5 Å². The van der Waals surface area contributed by atoms with Crippen molar-refractivity contribution in [1.29, 1.82) is 0 Å². The molecule has 140 valence electrons. The second-order valence-corrected chi connectivity index (χ2v) is 7.31. The van der Waals surface area contributed by atoms with E-state index < -0.39 is 10.0 Å². The number of hydrogen-bond acceptors (Lipinski definition) is 6. The van der Waals surface area contributed by atoms with E-state index in [4.69, 9.17) is 9.47 Å². The molecule has 0 aliphatic rings. The fraction of sp³-hybridized carbons (Fsp3) is 0.294. The zero-order valence-electron chi connectivity index (χ0n) is 14.8. The topological polar surface area (TPSA) is 107 Å². The Morgan fingerprint density at radius 1 is 1.23 bits per heavy atom. The second-order valence-electron chi connectivity index (χ2n) is 5.47. The van der Waals surface area contributed by atoms with Crippen LogP contribution >= 0.6 is 0 Å². The van der Waals surface area contributed by atoms with E-state index in [9.17, 15) is 13.2 Å². The Labute approximate surface area is 152 Å². The van der Waals surface area contributed by atoms with Crippen LogP contribution in [0.3, 0.4) is 0 Å². The number of carbonyl (C=O) groups is 1. The molecule has 0 bridgehead atoms. The number of nitrogens with one attached hydrogen (secondary N) is 2. The summed E-state index contributed by atoms with van der Waals surface area (Å²) < 4.78 is 37.3. The highest BCUT2D eigenvalue weighted by atomic mass is 32.2. The van der Waals surface area contributed by atoms with E-state index in [2.05, 4.69) is 15.0 Å². The van der Waals surface area contributed by atoms with Gasteiger partial charge in [-0.1, -0.05) is 6.07 Å². The third-order valence-electron chi connectivity index (χ3n) is 3.38. The molecule has 0 fully saturated rings. The summed E-state index contributed by atoms with van der Waals surface area (Å²) in [6, 6.07) is 8.15. The first-order valence-electron chi connectivity index (χ1n) is 7.80. The number of aryl methyl sites for hydroxylation is 1. The Morgan fingerprint density at radius 3 is 2.69 bits per heavy atom. The highest BCUT2D eigenvalue weighted by Gasteiger charge is 2.15. The number of ether oxygens (including phenoxy) is 2. The van der Waals surface area contributed by atoms with Gasteiger partial charge in [-0.3, -0.25) is 14.5 Å². The fourth-order valence-electron chi connectivity index (χ4n) is 2.06. The number of carbonyl (C=O) groups excluding carboxylic acids is 1. The maximum Gasteiger partial charge on any atom is 0.269 e. The quantitative estimate of drug-likeness (QED) is 0.726. The molecule has 1 amide bonds. The van der Waals surface area contributed by atoms with Crippen molar-refractivity contribution in [3.05, 3.63) is 47.8 Å². The average Bonchev–Trinajstić information content (AvgIpc) is 2.62. The van der Waals surface area contributed by atoms with Crippen LogP contribution in [0.25, 0.3) is 0 Å².